The standard InChI is InChI=1S/C16H12BrF3N4OS/c1-23(8-10-6-7-14(17)26-10)15(25)12-9-24(22-21-12)13-5-3-2-4-11(13)16(18,19)20/h2-7,9H,8H2,1H3. The van der Waals surface area contributed by atoms with E-state index in [1.807, 2.05) is 12.1 Å². The number of para-hydroxylation sites is 1. The van der Waals surface area contributed by atoms with E-state index in [1.165, 1.54) is 40.6 Å². The summed E-state index contributed by atoms with van der Waals surface area (Å²) < 4.78 is 41.3. The first-order valence-electron chi connectivity index (χ1n) is 7.34. The summed E-state index contributed by atoms with van der Waals surface area (Å²) in [6, 6.07) is 8.76. The van der Waals surface area contributed by atoms with Gasteiger partial charge in [0.1, 0.15) is 0 Å². The molecule has 0 bridgehead atoms. The molecule has 136 valence electrons. The van der Waals surface area contributed by atoms with Crippen LogP contribution in [0.1, 0.15) is 20.9 Å². The Balaban J connectivity index is 1.83. The third-order valence-corrected chi connectivity index (χ3v) is 5.15. The zero-order chi connectivity index (χ0) is 18.9. The van der Waals surface area contributed by atoms with Gasteiger partial charge in [-0.2, -0.15) is 13.2 Å². The molecule has 0 unspecified atom stereocenters. The van der Waals surface area contributed by atoms with Gasteiger partial charge in [-0.05, 0) is 40.2 Å². The zero-order valence-corrected chi connectivity index (χ0v) is 15.8. The van der Waals surface area contributed by atoms with E-state index in [9.17, 15) is 18.0 Å². The summed E-state index contributed by atoms with van der Waals surface area (Å²) >= 11 is 4.85. The van der Waals surface area contributed by atoms with E-state index in [0.717, 1.165) is 19.4 Å². The number of thiophene rings is 1. The molecule has 10 heteroatoms. The average molecular weight is 445 g/mol. The van der Waals surface area contributed by atoms with Crippen molar-refractivity contribution in [2.24, 2.45) is 0 Å². The van der Waals surface area contributed by atoms with Gasteiger partial charge in [0.05, 0.1) is 27.8 Å². The van der Waals surface area contributed by atoms with Crippen molar-refractivity contribution < 1.29 is 18.0 Å². The van der Waals surface area contributed by atoms with Crippen molar-refractivity contribution in [3.05, 3.63) is 62.5 Å². The Morgan fingerprint density at radius 2 is 2.00 bits per heavy atom. The zero-order valence-electron chi connectivity index (χ0n) is 13.4. The molecular formula is C16H12BrF3N4OS. The molecule has 3 rings (SSSR count). The number of amides is 1. The highest BCUT2D eigenvalue weighted by Gasteiger charge is 2.34. The molecular weight excluding hydrogens is 433 g/mol. The Labute approximate surface area is 159 Å². The number of rotatable bonds is 4. The van der Waals surface area contributed by atoms with Crippen molar-refractivity contribution in [1.29, 1.82) is 0 Å². The van der Waals surface area contributed by atoms with Crippen molar-refractivity contribution in [2.45, 2.75) is 12.7 Å². The fourth-order valence-electron chi connectivity index (χ4n) is 2.33. The topological polar surface area (TPSA) is 51.0 Å². The van der Waals surface area contributed by atoms with E-state index in [1.54, 1.807) is 7.05 Å². The SMILES string of the molecule is CN(Cc1ccc(Br)s1)C(=O)c1cn(-c2ccccc2C(F)(F)F)nn1. The summed E-state index contributed by atoms with van der Waals surface area (Å²) in [6.45, 7) is 0.362. The molecule has 1 aromatic carbocycles. The van der Waals surface area contributed by atoms with Gasteiger partial charge >= 0.3 is 6.18 Å². The molecule has 0 aliphatic heterocycles. The van der Waals surface area contributed by atoms with Crippen LogP contribution in [0.2, 0.25) is 0 Å². The molecule has 0 fully saturated rings. The van der Waals surface area contributed by atoms with Gasteiger partial charge in [-0.15, -0.1) is 16.4 Å². The minimum absolute atomic E-state index is 0.0277. The molecule has 0 spiro atoms. The van der Waals surface area contributed by atoms with E-state index < -0.39 is 17.6 Å². The van der Waals surface area contributed by atoms with Gasteiger partial charge in [0.15, 0.2) is 5.69 Å². The number of carbonyl (C=O) groups excluding carboxylic acids is 1. The third-order valence-electron chi connectivity index (χ3n) is 3.54. The Morgan fingerprint density at radius 1 is 1.27 bits per heavy atom. The van der Waals surface area contributed by atoms with Crippen LogP contribution in [0.5, 0.6) is 0 Å². The maximum atomic E-state index is 13.1. The molecule has 0 saturated carbocycles. The molecule has 0 aliphatic carbocycles. The minimum atomic E-state index is -4.53. The van der Waals surface area contributed by atoms with Crippen LogP contribution in [0.25, 0.3) is 5.69 Å². The van der Waals surface area contributed by atoms with Gasteiger partial charge in [-0.3, -0.25) is 4.79 Å². The van der Waals surface area contributed by atoms with Crippen LogP contribution in [0.3, 0.4) is 0 Å². The van der Waals surface area contributed by atoms with Crippen LogP contribution in [-0.2, 0) is 12.7 Å². The lowest BCUT2D eigenvalue weighted by Crippen LogP contribution is -2.26. The Bertz CT molecular complexity index is 937. The molecule has 0 radical (unpaired) electrons. The fraction of sp³-hybridized carbons (Fsp3) is 0.188. The smallest absolute Gasteiger partial charge is 0.335 e. The molecule has 0 N–H and O–H groups in total. The number of carbonyl (C=O) groups is 1. The number of aromatic nitrogens is 3. The largest absolute Gasteiger partial charge is 0.418 e. The summed E-state index contributed by atoms with van der Waals surface area (Å²) in [6.07, 6.45) is -3.33. The molecule has 0 aliphatic rings. The summed E-state index contributed by atoms with van der Waals surface area (Å²) in [5.74, 6) is -0.426. The molecule has 0 atom stereocenters. The van der Waals surface area contributed by atoms with Crippen LogP contribution < -0.4 is 0 Å². The Morgan fingerprint density at radius 3 is 2.65 bits per heavy atom. The molecule has 2 aromatic heterocycles. The average Bonchev–Trinajstić information content (AvgIpc) is 3.22. The number of alkyl halides is 3. The molecule has 26 heavy (non-hydrogen) atoms. The van der Waals surface area contributed by atoms with Crippen LogP contribution >= 0.6 is 27.3 Å². The lowest BCUT2D eigenvalue weighted by atomic mass is 10.1. The molecule has 3 aromatic rings. The molecule has 1 amide bonds. The monoisotopic (exact) mass is 444 g/mol. The van der Waals surface area contributed by atoms with Gasteiger partial charge in [-0.1, -0.05) is 17.3 Å². The van der Waals surface area contributed by atoms with Gasteiger partial charge in [-0.25, -0.2) is 4.68 Å². The van der Waals surface area contributed by atoms with Crippen LogP contribution in [0.4, 0.5) is 13.2 Å². The van der Waals surface area contributed by atoms with Crippen molar-refractivity contribution in [1.82, 2.24) is 19.9 Å². The number of benzene rings is 1. The first-order valence-corrected chi connectivity index (χ1v) is 8.95. The van der Waals surface area contributed by atoms with Gasteiger partial charge in [0.25, 0.3) is 5.91 Å². The number of hydrogen-bond acceptors (Lipinski definition) is 4. The maximum Gasteiger partial charge on any atom is 0.418 e. The Kier molecular flexibility index (Phi) is 5.15. The van der Waals surface area contributed by atoms with E-state index in [4.69, 9.17) is 0 Å². The van der Waals surface area contributed by atoms with Gasteiger partial charge in [0, 0.05) is 11.9 Å². The molecule has 2 heterocycles. The number of halogens is 4. The minimum Gasteiger partial charge on any atom is -0.335 e. The first-order chi connectivity index (χ1) is 12.3. The van der Waals surface area contributed by atoms with Crippen molar-refractivity contribution in [2.75, 3.05) is 7.05 Å². The summed E-state index contributed by atoms with van der Waals surface area (Å²) in [5.41, 5.74) is -1.06. The first kappa shape index (κ1) is 18.6. The fourth-order valence-corrected chi connectivity index (χ4v) is 3.87. The van der Waals surface area contributed by atoms with Gasteiger partial charge in [0.2, 0.25) is 0 Å². The van der Waals surface area contributed by atoms with E-state index in [-0.39, 0.29) is 11.4 Å². The predicted octanol–water partition coefficient (Wildman–Crippen LogP) is 4.38. The molecule has 5 nitrogen and oxygen atoms in total. The highest BCUT2D eigenvalue weighted by Crippen LogP contribution is 2.33. The molecule has 0 saturated heterocycles. The maximum absolute atomic E-state index is 13.1. The highest BCUT2D eigenvalue weighted by atomic mass is 79.9. The van der Waals surface area contributed by atoms with Crippen molar-refractivity contribution >= 4 is 33.2 Å². The Hall–Kier alpha value is -2.20. The number of nitrogens with zero attached hydrogens (tertiary/aromatic N) is 4. The summed E-state index contributed by atoms with van der Waals surface area (Å²) in [7, 11) is 1.60. The summed E-state index contributed by atoms with van der Waals surface area (Å²) in [4.78, 5) is 14.9. The van der Waals surface area contributed by atoms with E-state index in [2.05, 4.69) is 26.2 Å². The van der Waals surface area contributed by atoms with E-state index >= 15 is 0 Å². The second-order valence-electron chi connectivity index (χ2n) is 5.43. The quantitative estimate of drug-likeness (QED) is 0.599. The predicted molar refractivity (Wildman–Crippen MR) is 94.2 cm³/mol. The third kappa shape index (κ3) is 3.96. The van der Waals surface area contributed by atoms with Crippen molar-refractivity contribution in [3.63, 3.8) is 0 Å². The van der Waals surface area contributed by atoms with Gasteiger partial charge < -0.3 is 4.90 Å². The van der Waals surface area contributed by atoms with E-state index in [0.29, 0.717) is 6.54 Å². The lowest BCUT2D eigenvalue weighted by molar-refractivity contribution is -0.137. The lowest BCUT2D eigenvalue weighted by Gasteiger charge is -2.14. The summed E-state index contributed by atoms with van der Waals surface area (Å²) in [5, 5.41) is 7.42. The van der Waals surface area contributed by atoms with Crippen LogP contribution in [-0.4, -0.2) is 32.8 Å². The van der Waals surface area contributed by atoms with Crippen molar-refractivity contribution in [3.8, 4) is 5.69 Å². The van der Waals surface area contributed by atoms with Crippen LogP contribution in [0, 0.1) is 0 Å². The highest BCUT2D eigenvalue weighted by molar-refractivity contribution is 9.11. The number of hydrogen-bond donors (Lipinski definition) is 0. The normalized spacial score (nSPS) is 11.6. The van der Waals surface area contributed by atoms with Crippen LogP contribution in [0.15, 0.2) is 46.4 Å². The second kappa shape index (κ2) is 7.20. The second-order valence-corrected chi connectivity index (χ2v) is 7.98.